The molecule has 0 fully saturated rings. The number of hydrogen-bond acceptors (Lipinski definition) is 5. The van der Waals surface area contributed by atoms with Gasteiger partial charge in [-0.25, -0.2) is 13.1 Å². The summed E-state index contributed by atoms with van der Waals surface area (Å²) in [5.74, 6) is -0.486. The Kier molecular flexibility index (Phi) is 3.39. The smallest absolute Gasteiger partial charge is 0.270 e. The zero-order chi connectivity index (χ0) is 14.0. The highest BCUT2D eigenvalue weighted by atomic mass is 32.2. The lowest BCUT2D eigenvalue weighted by Crippen LogP contribution is -2.29. The Hall–Kier alpha value is -2.15. The van der Waals surface area contributed by atoms with Gasteiger partial charge in [0.1, 0.15) is 17.0 Å². The molecule has 0 spiro atoms. The van der Waals surface area contributed by atoms with Gasteiger partial charge < -0.3 is 4.52 Å². The topological polar surface area (TPSA) is 89.3 Å². The fourth-order valence-electron chi connectivity index (χ4n) is 1.65. The molecule has 0 aliphatic heterocycles. The third-order valence-corrected chi connectivity index (χ3v) is 2.97. The van der Waals surface area contributed by atoms with Crippen molar-refractivity contribution < 1.29 is 17.7 Å². The molecule has 0 bridgehead atoms. The number of aromatic nitrogens is 1. The van der Waals surface area contributed by atoms with E-state index in [0.29, 0.717) is 11.3 Å². The molecule has 2 rings (SSSR count). The van der Waals surface area contributed by atoms with Crippen LogP contribution >= 0.6 is 0 Å². The minimum absolute atomic E-state index is 0.122. The van der Waals surface area contributed by atoms with Gasteiger partial charge in [0, 0.05) is 5.56 Å². The van der Waals surface area contributed by atoms with E-state index in [1.54, 1.807) is 31.2 Å². The van der Waals surface area contributed by atoms with Crippen molar-refractivity contribution in [2.45, 2.75) is 6.92 Å². The summed E-state index contributed by atoms with van der Waals surface area (Å²) in [4.78, 5) is 11.9. The summed E-state index contributed by atoms with van der Waals surface area (Å²) in [5, 5.41) is 3.81. The third kappa shape index (κ3) is 3.00. The maximum absolute atomic E-state index is 11.9. The van der Waals surface area contributed by atoms with Crippen molar-refractivity contribution in [1.29, 1.82) is 0 Å². The van der Waals surface area contributed by atoms with Gasteiger partial charge in [0.05, 0.1) is 6.26 Å². The molecule has 0 aliphatic rings. The molecule has 19 heavy (non-hydrogen) atoms. The number of benzene rings is 1. The van der Waals surface area contributed by atoms with Crippen molar-refractivity contribution in [1.82, 2.24) is 9.88 Å². The van der Waals surface area contributed by atoms with E-state index in [2.05, 4.69) is 5.16 Å². The first kappa shape index (κ1) is 13.3. The van der Waals surface area contributed by atoms with Crippen LogP contribution in [-0.4, -0.2) is 25.7 Å². The first-order chi connectivity index (χ1) is 8.88. The minimum atomic E-state index is -3.63. The van der Waals surface area contributed by atoms with Gasteiger partial charge >= 0.3 is 0 Å². The first-order valence-corrected chi connectivity index (χ1v) is 7.31. The Morgan fingerprint density at radius 3 is 2.47 bits per heavy atom. The summed E-state index contributed by atoms with van der Waals surface area (Å²) < 4.78 is 29.1. The number of rotatable bonds is 3. The van der Waals surface area contributed by atoms with Crippen LogP contribution in [0.25, 0.3) is 11.3 Å². The van der Waals surface area contributed by atoms with E-state index in [1.165, 1.54) is 0 Å². The molecule has 0 atom stereocenters. The number of aryl methyl sites for hydroxylation is 1. The molecular weight excluding hydrogens is 268 g/mol. The number of sulfonamides is 1. The number of hydrogen-bond donors (Lipinski definition) is 1. The van der Waals surface area contributed by atoms with Crippen LogP contribution in [0.3, 0.4) is 0 Å². The summed E-state index contributed by atoms with van der Waals surface area (Å²) in [6, 6.07) is 8.92. The van der Waals surface area contributed by atoms with Gasteiger partial charge in [-0.1, -0.05) is 35.5 Å². The number of amides is 1. The van der Waals surface area contributed by atoms with Crippen LogP contribution in [-0.2, 0) is 10.0 Å². The Labute approximate surface area is 110 Å². The highest BCUT2D eigenvalue weighted by Gasteiger charge is 2.23. The molecule has 1 amide bonds. The standard InChI is InChI=1S/C12H12N2O4S/c1-8-10(12(15)14-19(2,16)17)11(13-18-8)9-6-4-3-5-7-9/h3-7H,1-2H3,(H,14,15). The molecule has 1 heterocycles. The molecule has 100 valence electrons. The predicted molar refractivity (Wildman–Crippen MR) is 69.0 cm³/mol. The van der Waals surface area contributed by atoms with Crippen LogP contribution in [0.2, 0.25) is 0 Å². The van der Waals surface area contributed by atoms with Crippen molar-refractivity contribution in [3.05, 3.63) is 41.7 Å². The molecule has 1 N–H and O–H groups in total. The van der Waals surface area contributed by atoms with Crippen LogP contribution in [0.4, 0.5) is 0 Å². The molecule has 2 aromatic rings. The first-order valence-electron chi connectivity index (χ1n) is 5.42. The van der Waals surface area contributed by atoms with Crippen LogP contribution in [0, 0.1) is 6.92 Å². The van der Waals surface area contributed by atoms with Gasteiger partial charge in [-0.05, 0) is 6.92 Å². The van der Waals surface area contributed by atoms with Gasteiger partial charge in [-0.15, -0.1) is 0 Å². The van der Waals surface area contributed by atoms with E-state index >= 15 is 0 Å². The Balaban J connectivity index is 2.47. The maximum atomic E-state index is 11.9. The monoisotopic (exact) mass is 280 g/mol. The zero-order valence-electron chi connectivity index (χ0n) is 10.4. The lowest BCUT2D eigenvalue weighted by molar-refractivity contribution is 0.0980. The van der Waals surface area contributed by atoms with Crippen LogP contribution in [0.5, 0.6) is 0 Å². The summed E-state index contributed by atoms with van der Waals surface area (Å²) in [5.41, 5.74) is 1.12. The van der Waals surface area contributed by atoms with Crippen molar-refractivity contribution >= 4 is 15.9 Å². The molecular formula is C12H12N2O4S. The summed E-state index contributed by atoms with van der Waals surface area (Å²) in [6.07, 6.45) is 0.913. The lowest BCUT2D eigenvalue weighted by Gasteiger charge is -2.03. The highest BCUT2D eigenvalue weighted by Crippen LogP contribution is 2.24. The second-order valence-electron chi connectivity index (χ2n) is 4.03. The van der Waals surface area contributed by atoms with E-state index in [9.17, 15) is 13.2 Å². The van der Waals surface area contributed by atoms with Crippen LogP contribution in [0.15, 0.2) is 34.9 Å². The SMILES string of the molecule is Cc1onc(-c2ccccc2)c1C(=O)NS(C)(=O)=O. The molecule has 0 saturated heterocycles. The molecule has 0 aliphatic carbocycles. The van der Waals surface area contributed by atoms with Crippen molar-refractivity contribution in [2.75, 3.05) is 6.26 Å². The number of carbonyl (C=O) groups is 1. The average Bonchev–Trinajstić information content (AvgIpc) is 2.70. The van der Waals surface area contributed by atoms with Crippen molar-refractivity contribution in [2.24, 2.45) is 0 Å². The quantitative estimate of drug-likeness (QED) is 0.916. The second kappa shape index (κ2) is 4.85. The number of nitrogens with one attached hydrogen (secondary N) is 1. The van der Waals surface area contributed by atoms with Gasteiger partial charge in [-0.2, -0.15) is 0 Å². The molecule has 1 aromatic carbocycles. The Bertz CT molecular complexity index is 705. The maximum Gasteiger partial charge on any atom is 0.270 e. The average molecular weight is 280 g/mol. The van der Waals surface area contributed by atoms with E-state index in [1.807, 2.05) is 10.8 Å². The normalized spacial score (nSPS) is 11.3. The fourth-order valence-corrected chi connectivity index (χ4v) is 2.09. The summed E-state index contributed by atoms with van der Waals surface area (Å²) in [7, 11) is -3.63. The molecule has 0 radical (unpaired) electrons. The van der Waals surface area contributed by atoms with Gasteiger partial charge in [0.25, 0.3) is 5.91 Å². The van der Waals surface area contributed by atoms with Gasteiger partial charge in [0.15, 0.2) is 0 Å². The van der Waals surface area contributed by atoms with Crippen LogP contribution in [0.1, 0.15) is 16.1 Å². The van der Waals surface area contributed by atoms with Gasteiger partial charge in [-0.3, -0.25) is 4.79 Å². The van der Waals surface area contributed by atoms with E-state index in [4.69, 9.17) is 4.52 Å². The van der Waals surface area contributed by atoms with E-state index < -0.39 is 15.9 Å². The van der Waals surface area contributed by atoms with Crippen molar-refractivity contribution in [3.8, 4) is 11.3 Å². The molecule has 6 nitrogen and oxygen atoms in total. The summed E-state index contributed by atoms with van der Waals surface area (Å²) >= 11 is 0. The summed E-state index contributed by atoms with van der Waals surface area (Å²) in [6.45, 7) is 1.55. The van der Waals surface area contributed by atoms with E-state index in [-0.39, 0.29) is 11.3 Å². The van der Waals surface area contributed by atoms with E-state index in [0.717, 1.165) is 6.26 Å². The molecule has 0 saturated carbocycles. The fraction of sp³-hybridized carbons (Fsp3) is 0.167. The Morgan fingerprint density at radius 2 is 1.89 bits per heavy atom. The molecule has 7 heteroatoms. The van der Waals surface area contributed by atoms with Crippen LogP contribution < -0.4 is 4.72 Å². The molecule has 1 aromatic heterocycles. The lowest BCUT2D eigenvalue weighted by atomic mass is 10.1. The Morgan fingerprint density at radius 1 is 1.26 bits per heavy atom. The third-order valence-electron chi connectivity index (χ3n) is 2.42. The minimum Gasteiger partial charge on any atom is -0.360 e. The number of nitrogens with zero attached hydrogens (tertiary/aromatic N) is 1. The highest BCUT2D eigenvalue weighted by molar-refractivity contribution is 7.89. The molecule has 0 unspecified atom stereocenters. The van der Waals surface area contributed by atoms with Gasteiger partial charge in [0.2, 0.25) is 10.0 Å². The largest absolute Gasteiger partial charge is 0.360 e. The number of carbonyl (C=O) groups excluding carboxylic acids is 1. The zero-order valence-corrected chi connectivity index (χ0v) is 11.2. The van der Waals surface area contributed by atoms with Crippen molar-refractivity contribution in [3.63, 3.8) is 0 Å². The second-order valence-corrected chi connectivity index (χ2v) is 5.78. The predicted octanol–water partition coefficient (Wildman–Crippen LogP) is 1.34.